The number of carbonyl (C=O) groups is 1. The van der Waals surface area contributed by atoms with Crippen LogP contribution in [-0.2, 0) is 4.79 Å². The molecule has 0 atom stereocenters. The summed E-state index contributed by atoms with van der Waals surface area (Å²) in [6, 6.07) is 0. The van der Waals surface area contributed by atoms with E-state index in [1.807, 2.05) is 6.08 Å². The molecule has 0 rings (SSSR count). The molecule has 0 spiro atoms. The molecule has 0 aromatic carbocycles. The summed E-state index contributed by atoms with van der Waals surface area (Å²) >= 11 is 0. The van der Waals surface area contributed by atoms with Gasteiger partial charge in [-0.25, -0.2) is 0 Å². The van der Waals surface area contributed by atoms with Crippen molar-refractivity contribution in [1.82, 2.24) is 0 Å². The fraction of sp³-hybridized carbons (Fsp3) is 0.591. The lowest BCUT2D eigenvalue weighted by atomic mass is 10.1. The Labute approximate surface area is 149 Å². The summed E-state index contributed by atoms with van der Waals surface area (Å²) < 4.78 is 0. The van der Waals surface area contributed by atoms with Crippen LogP contribution in [0.5, 0.6) is 0 Å². The third-order valence-electron chi connectivity index (χ3n) is 3.70. The molecule has 0 aliphatic rings. The van der Waals surface area contributed by atoms with E-state index in [0.29, 0.717) is 6.42 Å². The monoisotopic (exact) mass is 332 g/mol. The lowest BCUT2D eigenvalue weighted by Gasteiger charge is -1.93. The van der Waals surface area contributed by atoms with Crippen LogP contribution in [0.25, 0.3) is 0 Å². The van der Waals surface area contributed by atoms with E-state index in [1.54, 1.807) is 0 Å². The minimum Gasteiger partial charge on any atom is -0.481 e. The Balaban J connectivity index is 3.34. The molecule has 0 amide bonds. The molecule has 24 heavy (non-hydrogen) atoms. The van der Waals surface area contributed by atoms with Gasteiger partial charge in [0.15, 0.2) is 0 Å². The highest BCUT2D eigenvalue weighted by atomic mass is 16.4. The molecule has 0 aliphatic heterocycles. The van der Waals surface area contributed by atoms with Gasteiger partial charge in [-0.05, 0) is 57.8 Å². The number of hydrogen-bond acceptors (Lipinski definition) is 1. The molecule has 0 unspecified atom stereocenters. The first kappa shape index (κ1) is 22.4. The van der Waals surface area contributed by atoms with E-state index in [4.69, 9.17) is 5.11 Å². The highest BCUT2D eigenvalue weighted by Crippen LogP contribution is 2.04. The van der Waals surface area contributed by atoms with Crippen LogP contribution in [0.2, 0.25) is 0 Å². The summed E-state index contributed by atoms with van der Waals surface area (Å²) in [5, 5.41) is 8.51. The van der Waals surface area contributed by atoms with Crippen molar-refractivity contribution in [1.29, 1.82) is 0 Å². The smallest absolute Gasteiger partial charge is 0.303 e. The molecule has 0 fully saturated rings. The fourth-order valence-electron chi connectivity index (χ4n) is 2.26. The number of rotatable bonds is 16. The summed E-state index contributed by atoms with van der Waals surface area (Å²) in [6.07, 6.45) is 30.3. The summed E-state index contributed by atoms with van der Waals surface area (Å²) in [6.45, 7) is 2.24. The third kappa shape index (κ3) is 20.4. The van der Waals surface area contributed by atoms with E-state index in [9.17, 15) is 4.79 Å². The fourth-order valence-corrected chi connectivity index (χ4v) is 2.26. The van der Waals surface area contributed by atoms with E-state index in [1.165, 1.54) is 38.5 Å². The van der Waals surface area contributed by atoms with Crippen LogP contribution in [0.4, 0.5) is 0 Å². The largest absolute Gasteiger partial charge is 0.481 e. The van der Waals surface area contributed by atoms with Crippen molar-refractivity contribution in [2.45, 2.75) is 84.0 Å². The Morgan fingerprint density at radius 2 is 1.08 bits per heavy atom. The zero-order valence-corrected chi connectivity index (χ0v) is 15.5. The van der Waals surface area contributed by atoms with E-state index >= 15 is 0 Å². The summed E-state index contributed by atoms with van der Waals surface area (Å²) in [5.41, 5.74) is 0. The molecule has 0 aromatic rings. The molecule has 0 saturated heterocycles. The van der Waals surface area contributed by atoms with Gasteiger partial charge in [-0.15, -0.1) is 0 Å². The minimum atomic E-state index is -0.721. The highest BCUT2D eigenvalue weighted by molar-refractivity contribution is 5.66. The van der Waals surface area contributed by atoms with Gasteiger partial charge in [0, 0.05) is 6.42 Å². The topological polar surface area (TPSA) is 37.3 Å². The maximum Gasteiger partial charge on any atom is 0.303 e. The van der Waals surface area contributed by atoms with E-state index in [-0.39, 0.29) is 6.42 Å². The summed E-state index contributed by atoms with van der Waals surface area (Å²) in [7, 11) is 0. The molecular formula is C22H36O2. The van der Waals surface area contributed by atoms with Crippen LogP contribution in [0, 0.1) is 0 Å². The first-order chi connectivity index (χ1) is 11.8. The van der Waals surface area contributed by atoms with Crippen LogP contribution >= 0.6 is 0 Å². The van der Waals surface area contributed by atoms with E-state index < -0.39 is 5.97 Å². The zero-order chi connectivity index (χ0) is 17.7. The van der Waals surface area contributed by atoms with Gasteiger partial charge in [0.25, 0.3) is 0 Å². The number of unbranched alkanes of at least 4 members (excludes halogenated alkanes) is 6. The Morgan fingerprint density at radius 1 is 0.667 bits per heavy atom. The number of carboxylic acids is 1. The summed E-state index contributed by atoms with van der Waals surface area (Å²) in [4.78, 5) is 10.3. The number of hydrogen-bond donors (Lipinski definition) is 1. The van der Waals surface area contributed by atoms with Gasteiger partial charge in [0.2, 0.25) is 0 Å². The van der Waals surface area contributed by atoms with Crippen molar-refractivity contribution in [2.75, 3.05) is 0 Å². The molecule has 0 aromatic heterocycles. The molecule has 0 bridgehead atoms. The zero-order valence-electron chi connectivity index (χ0n) is 15.5. The minimum absolute atomic E-state index is 0.238. The summed E-state index contributed by atoms with van der Waals surface area (Å²) in [5.74, 6) is -0.721. The van der Waals surface area contributed by atoms with Gasteiger partial charge in [-0.2, -0.15) is 0 Å². The van der Waals surface area contributed by atoms with Crippen LogP contribution in [0.3, 0.4) is 0 Å². The first-order valence-electron chi connectivity index (χ1n) is 9.59. The maximum absolute atomic E-state index is 10.3. The SMILES string of the molecule is CCCCC/C=C\C/C=C\C/C=C\CCCC/C=C\CCC(=O)O. The molecule has 0 saturated carbocycles. The lowest BCUT2D eigenvalue weighted by molar-refractivity contribution is -0.136. The molecule has 0 radical (unpaired) electrons. The van der Waals surface area contributed by atoms with Gasteiger partial charge in [-0.1, -0.05) is 68.4 Å². The number of allylic oxidation sites excluding steroid dienone is 8. The Hall–Kier alpha value is -1.57. The Morgan fingerprint density at radius 3 is 1.58 bits per heavy atom. The van der Waals surface area contributed by atoms with Crippen molar-refractivity contribution in [3.8, 4) is 0 Å². The predicted octanol–water partition coefficient (Wildman–Crippen LogP) is 7.00. The van der Waals surface area contributed by atoms with Crippen LogP contribution in [0.1, 0.15) is 84.0 Å². The standard InChI is InChI=1S/C22H36O2/c1-2-3-4-5-6-7-8-9-10-11-12-13-14-15-16-17-18-19-20-21-22(23)24/h6-7,9-10,12-13,18-19H,2-5,8,11,14-17,20-21H2,1H3,(H,23,24)/b7-6-,10-9-,13-12-,19-18-. The van der Waals surface area contributed by atoms with Crippen molar-refractivity contribution in [3.63, 3.8) is 0 Å². The molecular weight excluding hydrogens is 296 g/mol. The second-order valence-corrected chi connectivity index (χ2v) is 6.07. The quantitative estimate of drug-likeness (QED) is 0.244. The highest BCUT2D eigenvalue weighted by Gasteiger charge is 1.91. The average Bonchev–Trinajstić information content (AvgIpc) is 2.56. The van der Waals surface area contributed by atoms with E-state index in [0.717, 1.165) is 25.7 Å². The first-order valence-corrected chi connectivity index (χ1v) is 9.59. The van der Waals surface area contributed by atoms with Crippen LogP contribution in [-0.4, -0.2) is 11.1 Å². The average molecular weight is 333 g/mol. The van der Waals surface area contributed by atoms with Gasteiger partial charge in [0.1, 0.15) is 0 Å². The number of aliphatic carboxylic acids is 1. The van der Waals surface area contributed by atoms with Crippen molar-refractivity contribution < 1.29 is 9.90 Å². The van der Waals surface area contributed by atoms with Gasteiger partial charge in [-0.3, -0.25) is 4.79 Å². The predicted molar refractivity (Wildman–Crippen MR) is 105 cm³/mol. The second-order valence-electron chi connectivity index (χ2n) is 6.07. The Kier molecular flexibility index (Phi) is 18.2. The van der Waals surface area contributed by atoms with E-state index in [2.05, 4.69) is 49.5 Å². The lowest BCUT2D eigenvalue weighted by Crippen LogP contribution is -1.91. The molecule has 136 valence electrons. The molecule has 0 heterocycles. The van der Waals surface area contributed by atoms with Crippen LogP contribution < -0.4 is 0 Å². The maximum atomic E-state index is 10.3. The van der Waals surface area contributed by atoms with Crippen LogP contribution in [0.15, 0.2) is 48.6 Å². The van der Waals surface area contributed by atoms with Gasteiger partial charge < -0.3 is 5.11 Å². The normalized spacial score (nSPS) is 12.4. The van der Waals surface area contributed by atoms with Crippen molar-refractivity contribution >= 4 is 5.97 Å². The number of carboxylic acid groups (broad SMARTS) is 1. The van der Waals surface area contributed by atoms with Gasteiger partial charge >= 0.3 is 5.97 Å². The molecule has 0 aliphatic carbocycles. The molecule has 2 nitrogen and oxygen atoms in total. The second kappa shape index (κ2) is 19.5. The van der Waals surface area contributed by atoms with Crippen molar-refractivity contribution in [2.24, 2.45) is 0 Å². The Bertz CT molecular complexity index is 389. The van der Waals surface area contributed by atoms with Gasteiger partial charge in [0.05, 0.1) is 0 Å². The molecule has 1 N–H and O–H groups in total. The third-order valence-corrected chi connectivity index (χ3v) is 3.70. The molecule has 2 heteroatoms. The van der Waals surface area contributed by atoms with Crippen molar-refractivity contribution in [3.05, 3.63) is 48.6 Å².